The Morgan fingerprint density at radius 2 is 2.06 bits per heavy atom. The number of hydrogen-bond acceptors (Lipinski definition) is 4. The number of anilines is 1. The Bertz CT molecular complexity index is 444. The minimum Gasteiger partial charge on any atom is -0.477 e. The molecule has 0 saturated heterocycles. The largest absolute Gasteiger partial charge is 0.477 e. The molecular formula is C13H20N2O2S. The average Bonchev–Trinajstić information content (AvgIpc) is 2.63. The lowest BCUT2D eigenvalue weighted by Gasteiger charge is -2.34. The third-order valence-corrected chi connectivity index (χ3v) is 4.73. The highest BCUT2D eigenvalue weighted by Gasteiger charge is 2.27. The zero-order valence-electron chi connectivity index (χ0n) is 11.1. The third-order valence-electron chi connectivity index (χ3n) is 3.66. The van der Waals surface area contributed by atoms with Gasteiger partial charge in [0.05, 0.1) is 5.69 Å². The number of aryl methyl sites for hydroxylation is 1. The maximum atomic E-state index is 11.0. The van der Waals surface area contributed by atoms with E-state index in [1.807, 2.05) is 0 Å². The summed E-state index contributed by atoms with van der Waals surface area (Å²) in [5.41, 5.74) is 1.05. The molecule has 0 atom stereocenters. The molecule has 0 aromatic carbocycles. The van der Waals surface area contributed by atoms with Crippen molar-refractivity contribution >= 4 is 22.4 Å². The number of rotatable bonds is 3. The van der Waals surface area contributed by atoms with Gasteiger partial charge in [0.2, 0.25) is 0 Å². The van der Waals surface area contributed by atoms with Crippen molar-refractivity contribution in [1.29, 1.82) is 0 Å². The van der Waals surface area contributed by atoms with Crippen molar-refractivity contribution in [1.82, 2.24) is 4.98 Å². The molecule has 1 fully saturated rings. The van der Waals surface area contributed by atoms with Gasteiger partial charge in [-0.15, -0.1) is 0 Å². The summed E-state index contributed by atoms with van der Waals surface area (Å²) in [6.07, 6.45) is 4.68. The van der Waals surface area contributed by atoms with Gasteiger partial charge in [0, 0.05) is 6.04 Å². The number of nitrogens with one attached hydrogen (secondary N) is 1. The molecule has 0 bridgehead atoms. The Balaban J connectivity index is 1.98. The minimum atomic E-state index is -0.886. The van der Waals surface area contributed by atoms with Crippen LogP contribution in [0.15, 0.2) is 0 Å². The van der Waals surface area contributed by atoms with Crippen LogP contribution in [0.1, 0.15) is 54.9 Å². The lowest BCUT2D eigenvalue weighted by atomic mass is 9.76. The fourth-order valence-electron chi connectivity index (χ4n) is 2.37. The number of nitrogens with zero attached hydrogens (tertiary/aromatic N) is 1. The average molecular weight is 268 g/mol. The molecule has 1 heterocycles. The van der Waals surface area contributed by atoms with E-state index in [-0.39, 0.29) is 0 Å². The van der Waals surface area contributed by atoms with Crippen LogP contribution < -0.4 is 5.32 Å². The van der Waals surface area contributed by atoms with E-state index >= 15 is 0 Å². The van der Waals surface area contributed by atoms with Crippen LogP contribution in [0.5, 0.6) is 0 Å². The Morgan fingerprint density at radius 3 is 2.56 bits per heavy atom. The number of carbonyl (C=O) groups is 1. The molecule has 0 spiro atoms. The first-order valence-electron chi connectivity index (χ1n) is 6.35. The van der Waals surface area contributed by atoms with Crippen molar-refractivity contribution in [3.63, 3.8) is 0 Å². The van der Waals surface area contributed by atoms with Crippen LogP contribution in [-0.4, -0.2) is 22.1 Å². The van der Waals surface area contributed by atoms with Crippen LogP contribution in [0.2, 0.25) is 0 Å². The molecule has 5 heteroatoms. The normalized spacial score (nSPS) is 19.7. The van der Waals surface area contributed by atoms with E-state index in [1.165, 1.54) is 24.2 Å². The fraction of sp³-hybridized carbons (Fsp3) is 0.692. The van der Waals surface area contributed by atoms with Crippen molar-refractivity contribution < 1.29 is 9.90 Å². The summed E-state index contributed by atoms with van der Waals surface area (Å²) < 4.78 is 0. The van der Waals surface area contributed by atoms with E-state index in [9.17, 15) is 4.79 Å². The van der Waals surface area contributed by atoms with Gasteiger partial charge in [0.25, 0.3) is 0 Å². The quantitative estimate of drug-likeness (QED) is 0.880. The first-order chi connectivity index (χ1) is 8.37. The van der Waals surface area contributed by atoms with E-state index in [0.717, 1.165) is 18.0 Å². The van der Waals surface area contributed by atoms with E-state index in [4.69, 9.17) is 5.11 Å². The van der Waals surface area contributed by atoms with Gasteiger partial charge in [0.15, 0.2) is 5.13 Å². The second-order valence-electron chi connectivity index (χ2n) is 5.82. The first kappa shape index (κ1) is 13.3. The zero-order chi connectivity index (χ0) is 13.3. The monoisotopic (exact) mass is 268 g/mol. The third kappa shape index (κ3) is 3.02. The summed E-state index contributed by atoms with van der Waals surface area (Å²) in [5, 5.41) is 13.1. The molecular weight excluding hydrogens is 248 g/mol. The van der Waals surface area contributed by atoms with E-state index in [1.54, 1.807) is 6.92 Å². The van der Waals surface area contributed by atoms with E-state index < -0.39 is 5.97 Å². The van der Waals surface area contributed by atoms with Crippen LogP contribution in [0, 0.1) is 12.3 Å². The predicted octanol–water partition coefficient (Wildman–Crippen LogP) is 3.53. The van der Waals surface area contributed by atoms with Gasteiger partial charge in [-0.25, -0.2) is 9.78 Å². The number of carboxylic acid groups (broad SMARTS) is 1. The molecule has 0 unspecified atom stereocenters. The lowest BCUT2D eigenvalue weighted by molar-refractivity contribution is 0.0701. The van der Waals surface area contributed by atoms with Crippen LogP contribution in [0.3, 0.4) is 0 Å². The molecule has 2 rings (SSSR count). The minimum absolute atomic E-state index is 0.341. The summed E-state index contributed by atoms with van der Waals surface area (Å²) in [4.78, 5) is 15.6. The number of aromatic nitrogens is 1. The maximum absolute atomic E-state index is 11.0. The van der Waals surface area contributed by atoms with Crippen LogP contribution in [0.4, 0.5) is 5.13 Å². The predicted molar refractivity (Wildman–Crippen MR) is 73.5 cm³/mol. The number of aromatic carboxylic acids is 1. The van der Waals surface area contributed by atoms with Crippen LogP contribution in [0.25, 0.3) is 0 Å². The van der Waals surface area contributed by atoms with Gasteiger partial charge in [0.1, 0.15) is 4.88 Å². The molecule has 1 aromatic heterocycles. The van der Waals surface area contributed by atoms with E-state index in [0.29, 0.717) is 22.0 Å². The molecule has 0 aliphatic heterocycles. The Morgan fingerprint density at radius 1 is 1.44 bits per heavy atom. The van der Waals surface area contributed by atoms with Gasteiger partial charge >= 0.3 is 5.97 Å². The van der Waals surface area contributed by atoms with Gasteiger partial charge < -0.3 is 10.4 Å². The topological polar surface area (TPSA) is 62.2 Å². The van der Waals surface area contributed by atoms with Crippen LogP contribution >= 0.6 is 11.3 Å². The highest BCUT2D eigenvalue weighted by atomic mass is 32.1. The molecule has 1 aliphatic rings. The highest BCUT2D eigenvalue weighted by molar-refractivity contribution is 7.17. The molecule has 0 radical (unpaired) electrons. The van der Waals surface area contributed by atoms with Crippen molar-refractivity contribution in [3.8, 4) is 0 Å². The standard InChI is InChI=1S/C13H20N2O2S/c1-8-10(11(16)17)18-12(14-8)15-9-4-6-13(2,3)7-5-9/h9H,4-7H2,1-3H3,(H,14,15)(H,16,17). The molecule has 1 saturated carbocycles. The second-order valence-corrected chi connectivity index (χ2v) is 6.82. The van der Waals surface area contributed by atoms with Crippen molar-refractivity contribution in [2.45, 2.75) is 52.5 Å². The maximum Gasteiger partial charge on any atom is 0.347 e. The smallest absolute Gasteiger partial charge is 0.347 e. The summed E-state index contributed by atoms with van der Waals surface area (Å²) in [7, 11) is 0. The van der Waals surface area contributed by atoms with Gasteiger partial charge in [-0.05, 0) is 38.0 Å². The fourth-order valence-corrected chi connectivity index (χ4v) is 3.26. The molecule has 100 valence electrons. The SMILES string of the molecule is Cc1nc(NC2CCC(C)(C)CC2)sc1C(=O)O. The highest BCUT2D eigenvalue weighted by Crippen LogP contribution is 2.36. The number of thiazole rings is 1. The molecule has 0 amide bonds. The van der Waals surface area contributed by atoms with Crippen molar-refractivity contribution in [3.05, 3.63) is 10.6 Å². The Labute approximate surface area is 111 Å². The summed E-state index contributed by atoms with van der Waals surface area (Å²) in [5.74, 6) is -0.886. The van der Waals surface area contributed by atoms with Crippen molar-refractivity contribution in [2.75, 3.05) is 5.32 Å². The van der Waals surface area contributed by atoms with Gasteiger partial charge in [-0.2, -0.15) is 0 Å². The molecule has 18 heavy (non-hydrogen) atoms. The number of hydrogen-bond donors (Lipinski definition) is 2. The molecule has 4 nitrogen and oxygen atoms in total. The second kappa shape index (κ2) is 4.88. The summed E-state index contributed by atoms with van der Waals surface area (Å²) in [6, 6.07) is 0.435. The molecule has 1 aliphatic carbocycles. The Kier molecular flexibility index (Phi) is 3.61. The number of carboxylic acids is 1. The van der Waals surface area contributed by atoms with Gasteiger partial charge in [-0.3, -0.25) is 0 Å². The molecule has 2 N–H and O–H groups in total. The van der Waals surface area contributed by atoms with Crippen molar-refractivity contribution in [2.24, 2.45) is 5.41 Å². The Hall–Kier alpha value is -1.10. The molecule has 1 aromatic rings. The van der Waals surface area contributed by atoms with Gasteiger partial charge in [-0.1, -0.05) is 25.2 Å². The lowest BCUT2D eigenvalue weighted by Crippen LogP contribution is -2.29. The zero-order valence-corrected chi connectivity index (χ0v) is 11.9. The summed E-state index contributed by atoms with van der Waals surface area (Å²) >= 11 is 1.24. The van der Waals surface area contributed by atoms with Crippen LogP contribution in [-0.2, 0) is 0 Å². The van der Waals surface area contributed by atoms with E-state index in [2.05, 4.69) is 24.1 Å². The summed E-state index contributed by atoms with van der Waals surface area (Å²) in [6.45, 7) is 6.35. The first-order valence-corrected chi connectivity index (χ1v) is 7.16.